The molecule has 2 aromatic rings. The smallest absolute Gasteiger partial charge is 0.307 e. The van der Waals surface area contributed by atoms with Crippen LogP contribution in [0.2, 0.25) is 0 Å². The Bertz CT molecular complexity index is 789. The van der Waals surface area contributed by atoms with Crippen LogP contribution >= 0.6 is 11.3 Å². The maximum atomic E-state index is 12.5. The van der Waals surface area contributed by atoms with Crippen molar-refractivity contribution in [1.29, 1.82) is 0 Å². The molecule has 3 atom stereocenters. The number of fused-ring (bicyclic) bond motifs is 1. The molecule has 1 N–H and O–H groups in total. The summed E-state index contributed by atoms with van der Waals surface area (Å²) >= 11 is 1.38. The molecule has 1 aliphatic rings. The predicted molar refractivity (Wildman–Crippen MR) is 86.6 cm³/mol. The minimum Gasteiger partial charge on any atom is -0.496 e. The fourth-order valence-electron chi connectivity index (χ4n) is 2.95. The number of benzene rings is 1. The third kappa shape index (κ3) is 2.22. The van der Waals surface area contributed by atoms with Gasteiger partial charge in [0.15, 0.2) is 5.78 Å². The Hall–Kier alpha value is -2.14. The number of hydrogen-bond acceptors (Lipinski definition) is 4. The minimum absolute atomic E-state index is 0.0692. The average molecular weight is 316 g/mol. The standard InChI is InChI=1S/C17H16O4S/c1-4-9-5-10-6-13(22-12(10)7-11(9)21-3)16(18)14-8(2)15(14)17(19)20/h4-8,14-15H,1H2,2-3H3,(H,19,20)/t8-,14?,15?/m0/s1. The van der Waals surface area contributed by atoms with E-state index >= 15 is 0 Å². The van der Waals surface area contributed by atoms with Crippen molar-refractivity contribution < 1.29 is 19.4 Å². The number of rotatable bonds is 5. The summed E-state index contributed by atoms with van der Waals surface area (Å²) in [6.07, 6.45) is 1.71. The highest BCUT2D eigenvalue weighted by molar-refractivity contribution is 7.20. The molecule has 0 saturated heterocycles. The maximum absolute atomic E-state index is 12.5. The molecule has 4 nitrogen and oxygen atoms in total. The Labute approximate surface area is 132 Å². The molecule has 0 aliphatic heterocycles. The number of carbonyl (C=O) groups excluding carboxylic acids is 1. The van der Waals surface area contributed by atoms with Crippen LogP contribution in [0.3, 0.4) is 0 Å². The molecule has 1 heterocycles. The first kappa shape index (κ1) is 14.8. The van der Waals surface area contributed by atoms with Gasteiger partial charge in [-0.1, -0.05) is 19.6 Å². The van der Waals surface area contributed by atoms with E-state index in [1.165, 1.54) is 11.3 Å². The third-order valence-electron chi connectivity index (χ3n) is 4.30. The molecule has 1 fully saturated rings. The lowest BCUT2D eigenvalue weighted by Crippen LogP contribution is -2.06. The highest BCUT2D eigenvalue weighted by atomic mass is 32.1. The molecule has 0 bridgehead atoms. The first-order valence-electron chi connectivity index (χ1n) is 6.99. The highest BCUT2D eigenvalue weighted by Crippen LogP contribution is 2.49. The summed E-state index contributed by atoms with van der Waals surface area (Å²) < 4.78 is 6.26. The molecule has 1 aromatic heterocycles. The minimum atomic E-state index is -0.887. The van der Waals surface area contributed by atoms with Crippen molar-refractivity contribution in [3.63, 3.8) is 0 Å². The van der Waals surface area contributed by atoms with Crippen LogP contribution < -0.4 is 4.74 Å². The van der Waals surface area contributed by atoms with E-state index in [-0.39, 0.29) is 11.7 Å². The van der Waals surface area contributed by atoms with Gasteiger partial charge < -0.3 is 9.84 Å². The van der Waals surface area contributed by atoms with E-state index in [1.54, 1.807) is 13.2 Å². The zero-order valence-corrected chi connectivity index (χ0v) is 13.1. The van der Waals surface area contributed by atoms with E-state index in [0.29, 0.717) is 10.6 Å². The Morgan fingerprint density at radius 1 is 1.32 bits per heavy atom. The fraction of sp³-hybridized carbons (Fsp3) is 0.294. The van der Waals surface area contributed by atoms with Crippen LogP contribution in [0.1, 0.15) is 22.2 Å². The molecule has 1 aromatic carbocycles. The van der Waals surface area contributed by atoms with Gasteiger partial charge in [0.1, 0.15) is 5.75 Å². The molecule has 1 saturated carbocycles. The van der Waals surface area contributed by atoms with Crippen molar-refractivity contribution in [3.8, 4) is 5.75 Å². The van der Waals surface area contributed by atoms with Gasteiger partial charge in [-0.05, 0) is 29.5 Å². The highest BCUT2D eigenvalue weighted by Gasteiger charge is 2.56. The average Bonchev–Trinajstić information content (AvgIpc) is 3.00. The van der Waals surface area contributed by atoms with Gasteiger partial charge in [0.05, 0.1) is 17.9 Å². The number of carbonyl (C=O) groups is 2. The number of hydrogen-bond donors (Lipinski definition) is 1. The van der Waals surface area contributed by atoms with Crippen molar-refractivity contribution in [3.05, 3.63) is 35.2 Å². The molecule has 114 valence electrons. The summed E-state index contributed by atoms with van der Waals surface area (Å²) in [5.41, 5.74) is 0.870. The molecule has 22 heavy (non-hydrogen) atoms. The Kier molecular flexibility index (Phi) is 3.53. The molecular weight excluding hydrogens is 300 g/mol. The summed E-state index contributed by atoms with van der Waals surface area (Å²) in [6, 6.07) is 5.65. The van der Waals surface area contributed by atoms with Gasteiger partial charge in [0.25, 0.3) is 0 Å². The SMILES string of the molecule is C=Cc1cc2cc(C(=O)C3C(C(=O)O)[C@H]3C)sc2cc1OC. The Morgan fingerprint density at radius 3 is 2.59 bits per heavy atom. The van der Waals surface area contributed by atoms with E-state index in [0.717, 1.165) is 15.6 Å². The number of carboxylic acid groups (broad SMARTS) is 1. The van der Waals surface area contributed by atoms with Gasteiger partial charge in [0, 0.05) is 16.2 Å². The van der Waals surface area contributed by atoms with E-state index < -0.39 is 17.8 Å². The van der Waals surface area contributed by atoms with Crippen LogP contribution in [-0.2, 0) is 4.79 Å². The zero-order chi connectivity index (χ0) is 16.0. The predicted octanol–water partition coefficient (Wildman–Crippen LogP) is 3.70. The molecule has 5 heteroatoms. The number of thiophene rings is 1. The largest absolute Gasteiger partial charge is 0.496 e. The van der Waals surface area contributed by atoms with E-state index in [2.05, 4.69) is 6.58 Å². The summed E-state index contributed by atoms with van der Waals surface area (Å²) in [6.45, 7) is 5.57. The Morgan fingerprint density at radius 2 is 2.05 bits per heavy atom. The Balaban J connectivity index is 1.97. The second kappa shape index (κ2) is 5.25. The monoisotopic (exact) mass is 316 g/mol. The lowest BCUT2D eigenvalue weighted by atomic mass is 10.1. The van der Waals surface area contributed by atoms with Crippen molar-refractivity contribution >= 4 is 39.3 Å². The van der Waals surface area contributed by atoms with Gasteiger partial charge in [-0.3, -0.25) is 9.59 Å². The normalized spacial score (nSPS) is 23.3. The molecule has 0 radical (unpaired) electrons. The maximum Gasteiger partial charge on any atom is 0.307 e. The molecule has 0 spiro atoms. The third-order valence-corrected chi connectivity index (χ3v) is 5.41. The fourth-order valence-corrected chi connectivity index (χ4v) is 4.01. The molecular formula is C17H16O4S. The van der Waals surface area contributed by atoms with Crippen LogP contribution in [0.4, 0.5) is 0 Å². The quantitative estimate of drug-likeness (QED) is 0.854. The summed E-state index contributed by atoms with van der Waals surface area (Å²) in [5.74, 6) is -1.27. The van der Waals surface area contributed by atoms with E-state index in [9.17, 15) is 9.59 Å². The van der Waals surface area contributed by atoms with E-state index in [4.69, 9.17) is 9.84 Å². The number of carboxylic acids is 1. The molecule has 0 amide bonds. The van der Waals surface area contributed by atoms with Crippen molar-refractivity contribution in [2.75, 3.05) is 7.11 Å². The van der Waals surface area contributed by atoms with Crippen LogP contribution in [-0.4, -0.2) is 24.0 Å². The van der Waals surface area contributed by atoms with Gasteiger partial charge in [0.2, 0.25) is 0 Å². The van der Waals surface area contributed by atoms with Crippen molar-refractivity contribution in [1.82, 2.24) is 0 Å². The van der Waals surface area contributed by atoms with Crippen LogP contribution in [0.5, 0.6) is 5.75 Å². The number of methoxy groups -OCH3 is 1. The van der Waals surface area contributed by atoms with Crippen LogP contribution in [0.25, 0.3) is 16.2 Å². The molecule has 2 unspecified atom stereocenters. The van der Waals surface area contributed by atoms with Crippen LogP contribution in [0.15, 0.2) is 24.8 Å². The van der Waals surface area contributed by atoms with Gasteiger partial charge >= 0.3 is 5.97 Å². The van der Waals surface area contributed by atoms with E-state index in [1.807, 2.05) is 25.1 Å². The topological polar surface area (TPSA) is 63.6 Å². The summed E-state index contributed by atoms with van der Waals surface area (Å²) in [5, 5.41) is 10.0. The van der Waals surface area contributed by atoms with Crippen molar-refractivity contribution in [2.45, 2.75) is 6.92 Å². The number of aliphatic carboxylic acids is 1. The second-order valence-electron chi connectivity index (χ2n) is 5.56. The van der Waals surface area contributed by atoms with Crippen molar-refractivity contribution in [2.24, 2.45) is 17.8 Å². The first-order valence-corrected chi connectivity index (χ1v) is 7.80. The van der Waals surface area contributed by atoms with Gasteiger partial charge in [-0.15, -0.1) is 11.3 Å². The zero-order valence-electron chi connectivity index (χ0n) is 12.3. The summed E-state index contributed by atoms with van der Waals surface area (Å²) in [7, 11) is 1.59. The second-order valence-corrected chi connectivity index (χ2v) is 6.64. The van der Waals surface area contributed by atoms with Crippen LogP contribution in [0, 0.1) is 17.8 Å². The van der Waals surface area contributed by atoms with Gasteiger partial charge in [-0.25, -0.2) is 0 Å². The molecule has 3 rings (SSSR count). The first-order chi connectivity index (χ1) is 10.5. The number of ketones is 1. The summed E-state index contributed by atoms with van der Waals surface area (Å²) in [4.78, 5) is 24.2. The lowest BCUT2D eigenvalue weighted by Gasteiger charge is -2.04. The lowest BCUT2D eigenvalue weighted by molar-refractivity contribution is -0.139. The van der Waals surface area contributed by atoms with Gasteiger partial charge in [-0.2, -0.15) is 0 Å². The molecule has 1 aliphatic carbocycles. The number of ether oxygens (including phenoxy) is 1. The number of Topliss-reactive ketones (excluding diaryl/α,β-unsaturated/α-hetero) is 1.